The lowest BCUT2D eigenvalue weighted by Crippen LogP contribution is -2.94. The Morgan fingerprint density at radius 3 is 2.46 bits per heavy atom. The van der Waals surface area contributed by atoms with E-state index in [1.165, 1.54) is 0 Å². The third-order valence-corrected chi connectivity index (χ3v) is 12.7. The number of aliphatic hydroxyl groups is 1. The predicted octanol–water partition coefficient (Wildman–Crippen LogP) is 3.20. The molecule has 0 aromatic heterocycles. The van der Waals surface area contributed by atoms with Gasteiger partial charge in [-0.25, -0.2) is 0 Å². The van der Waals surface area contributed by atoms with Crippen LogP contribution in [-0.4, -0.2) is 40.9 Å². The van der Waals surface area contributed by atoms with Gasteiger partial charge in [-0.1, -0.05) is 32.9 Å². The van der Waals surface area contributed by atoms with E-state index in [0.717, 1.165) is 31.3 Å². The number of ketones is 3. The third kappa shape index (κ3) is 2.00. The van der Waals surface area contributed by atoms with Crippen LogP contribution >= 0.6 is 0 Å². The zero-order chi connectivity index (χ0) is 24.9. The maximum atomic E-state index is 14.7. The highest BCUT2D eigenvalue weighted by atomic mass is 16.6. The van der Waals surface area contributed by atoms with E-state index in [1.54, 1.807) is 0 Å². The Hall–Kier alpha value is -1.37. The summed E-state index contributed by atoms with van der Waals surface area (Å²) >= 11 is 0. The molecule has 2 aliphatic heterocycles. The summed E-state index contributed by atoms with van der Waals surface area (Å²) in [5.74, 6) is -2.69. The van der Waals surface area contributed by atoms with Crippen molar-refractivity contribution in [3.63, 3.8) is 0 Å². The van der Waals surface area contributed by atoms with Crippen LogP contribution in [0.2, 0.25) is 0 Å². The summed E-state index contributed by atoms with van der Waals surface area (Å²) in [6.45, 7) is 10.9. The van der Waals surface area contributed by atoms with Crippen LogP contribution in [0.1, 0.15) is 72.1 Å². The minimum Gasteiger partial charge on any atom is -0.364 e. The van der Waals surface area contributed by atoms with E-state index in [2.05, 4.69) is 20.4 Å². The Morgan fingerprint density at radius 2 is 1.77 bits per heavy atom. The van der Waals surface area contributed by atoms with Crippen LogP contribution in [0.3, 0.4) is 0 Å². The van der Waals surface area contributed by atoms with Gasteiger partial charge in [0.05, 0.1) is 17.4 Å². The molecule has 8 fully saturated rings. The van der Waals surface area contributed by atoms with Gasteiger partial charge in [0, 0.05) is 30.2 Å². The lowest BCUT2D eigenvalue weighted by molar-refractivity contribution is -0.451. The first-order valence-electron chi connectivity index (χ1n) is 13.9. The summed E-state index contributed by atoms with van der Waals surface area (Å²) in [5.41, 5.74) is 3.62. The second kappa shape index (κ2) is 6.36. The number of carbonyl (C=O) groups is 3. The summed E-state index contributed by atoms with van der Waals surface area (Å²) in [7, 11) is 0. The van der Waals surface area contributed by atoms with E-state index < -0.39 is 22.0 Å². The second-order valence-electron chi connectivity index (χ2n) is 13.9. The molecule has 0 radical (unpaired) electrons. The number of carbonyl (C=O) groups excluding carboxylic acids is 3. The molecule has 6 heteroatoms. The van der Waals surface area contributed by atoms with Gasteiger partial charge in [0.15, 0.2) is 17.4 Å². The zero-order valence-electron chi connectivity index (χ0n) is 21.3. The highest BCUT2D eigenvalue weighted by Crippen LogP contribution is 2.88. The first kappa shape index (κ1) is 22.8. The minimum atomic E-state index is -1.64. The van der Waals surface area contributed by atoms with Crippen molar-refractivity contribution in [2.24, 2.45) is 62.9 Å². The fraction of sp³-hybridized carbons (Fsp3) is 0.828. The van der Waals surface area contributed by atoms with Gasteiger partial charge in [-0.05, 0) is 68.1 Å². The van der Waals surface area contributed by atoms with Crippen LogP contribution in [0.15, 0.2) is 12.2 Å². The average Bonchev–Trinajstić information content (AvgIpc) is 2.82. The fourth-order valence-corrected chi connectivity index (χ4v) is 11.5. The number of rotatable bonds is 2. The van der Waals surface area contributed by atoms with E-state index in [4.69, 9.17) is 10.5 Å². The summed E-state index contributed by atoms with van der Waals surface area (Å²) in [6.07, 6.45) is 5.86. The van der Waals surface area contributed by atoms with Crippen LogP contribution in [0.5, 0.6) is 0 Å². The van der Waals surface area contributed by atoms with Crippen molar-refractivity contribution in [2.75, 3.05) is 6.61 Å². The quantitative estimate of drug-likeness (QED) is 0.463. The molecule has 8 rings (SSSR count). The minimum absolute atomic E-state index is 0.00831. The number of allylic oxidation sites excluding steroid dienone is 1. The summed E-state index contributed by atoms with van der Waals surface area (Å²) in [4.78, 5) is 42.7. The van der Waals surface area contributed by atoms with Crippen molar-refractivity contribution >= 4 is 17.3 Å². The molecule has 2 spiro atoms. The molecule has 9 atom stereocenters. The maximum absolute atomic E-state index is 14.7. The average molecular weight is 482 g/mol. The monoisotopic (exact) mass is 481 g/mol. The smallest absolute Gasteiger partial charge is 0.181 e. The van der Waals surface area contributed by atoms with E-state index in [1.807, 2.05) is 6.92 Å². The maximum Gasteiger partial charge on any atom is 0.181 e. The molecule has 35 heavy (non-hydrogen) atoms. The molecular weight excluding hydrogens is 442 g/mol. The van der Waals surface area contributed by atoms with Gasteiger partial charge < -0.3 is 15.6 Å². The Kier molecular flexibility index (Phi) is 4.14. The number of hydrogen-bond donors (Lipinski definition) is 2. The summed E-state index contributed by atoms with van der Waals surface area (Å²) < 4.78 is 6.31. The van der Waals surface area contributed by atoms with Crippen molar-refractivity contribution in [2.45, 2.75) is 84.0 Å². The molecule has 6 saturated carbocycles. The third-order valence-electron chi connectivity index (χ3n) is 12.7. The predicted molar refractivity (Wildman–Crippen MR) is 128 cm³/mol. The van der Waals surface area contributed by atoms with E-state index in [9.17, 15) is 19.5 Å². The SMILES string of the molecule is C=C1[C@@H]2CC[C@@H]3C4(C(=O)C1(C(=O)C1CCC(N)CC1)[C@H]24)C1(O)OC[C@]32C(=O)CCC(C)(C)[C@H]2[C@@H]1C. The first-order valence-corrected chi connectivity index (χ1v) is 13.9. The Balaban J connectivity index is 1.38. The Labute approximate surface area is 207 Å². The highest BCUT2D eigenvalue weighted by molar-refractivity contribution is 6.21. The van der Waals surface area contributed by atoms with Crippen molar-refractivity contribution in [3.8, 4) is 0 Å². The normalized spacial score (nSPS) is 57.4. The standard InChI is InChI=1S/C29H39NO5/c1-14-18-9-10-19-26-13-35-29(34,15(2)21(26)25(3,4)12-11-20(26)31)28(19)22(18)27(14,24(28)33)23(32)16-5-7-17(30)8-6-16/h15-19,21-22,34H,1,5-13,30H2,2-4H3/t15-,16?,17?,18-,19-,21+,22-,26+,27?,28?,29?/m0/s1. The van der Waals surface area contributed by atoms with E-state index in [-0.39, 0.29) is 70.9 Å². The number of Topliss-reactive ketones (excluding diaryl/α,β-unsaturated/α-hetero) is 3. The number of nitrogens with two attached hydrogens (primary N) is 1. The summed E-state index contributed by atoms with van der Waals surface area (Å²) in [6, 6.07) is 0.122. The summed E-state index contributed by atoms with van der Waals surface area (Å²) in [5, 5.41) is 12.4. The molecule has 2 heterocycles. The molecule has 2 saturated heterocycles. The van der Waals surface area contributed by atoms with Gasteiger partial charge in [-0.3, -0.25) is 14.4 Å². The lowest BCUT2D eigenvalue weighted by atomic mass is 9.17. The number of hydrogen-bond acceptors (Lipinski definition) is 6. The molecule has 8 aliphatic rings. The van der Waals surface area contributed by atoms with Gasteiger partial charge in [0.2, 0.25) is 0 Å². The van der Waals surface area contributed by atoms with Crippen LogP contribution < -0.4 is 5.73 Å². The van der Waals surface area contributed by atoms with Crippen molar-refractivity contribution in [3.05, 3.63) is 12.2 Å². The van der Waals surface area contributed by atoms with Crippen molar-refractivity contribution < 1.29 is 24.2 Å². The first-order chi connectivity index (χ1) is 16.4. The van der Waals surface area contributed by atoms with Crippen LogP contribution in [0, 0.1) is 57.2 Å². The lowest BCUT2D eigenvalue weighted by Gasteiger charge is -2.85. The van der Waals surface area contributed by atoms with Gasteiger partial charge in [-0.2, -0.15) is 0 Å². The van der Waals surface area contributed by atoms with Crippen LogP contribution in [0.25, 0.3) is 0 Å². The second-order valence-corrected chi connectivity index (χ2v) is 13.9. The molecule has 6 nitrogen and oxygen atoms in total. The molecule has 0 amide bonds. The van der Waals surface area contributed by atoms with Crippen LogP contribution in [0.4, 0.5) is 0 Å². The molecule has 3 N–H and O–H groups in total. The topological polar surface area (TPSA) is 107 Å². The van der Waals surface area contributed by atoms with Gasteiger partial charge in [0.1, 0.15) is 11.2 Å². The molecule has 6 aliphatic carbocycles. The molecule has 190 valence electrons. The largest absolute Gasteiger partial charge is 0.364 e. The molecule has 0 aromatic rings. The molecule has 2 bridgehead atoms. The van der Waals surface area contributed by atoms with Crippen molar-refractivity contribution in [1.82, 2.24) is 0 Å². The fourth-order valence-electron chi connectivity index (χ4n) is 11.5. The molecule has 0 aromatic carbocycles. The van der Waals surface area contributed by atoms with Gasteiger partial charge >= 0.3 is 0 Å². The molecular formula is C29H39NO5. The zero-order valence-corrected chi connectivity index (χ0v) is 21.3. The van der Waals surface area contributed by atoms with Crippen LogP contribution in [-0.2, 0) is 19.1 Å². The van der Waals surface area contributed by atoms with E-state index in [0.29, 0.717) is 25.7 Å². The Morgan fingerprint density at radius 1 is 1.09 bits per heavy atom. The highest BCUT2D eigenvalue weighted by Gasteiger charge is 2.96. The number of fused-ring (bicyclic) bond motifs is 1. The van der Waals surface area contributed by atoms with Gasteiger partial charge in [0.25, 0.3) is 0 Å². The Bertz CT molecular complexity index is 1090. The number of ether oxygens (including phenoxy) is 1. The van der Waals surface area contributed by atoms with Gasteiger partial charge in [-0.15, -0.1) is 0 Å². The van der Waals surface area contributed by atoms with Crippen molar-refractivity contribution in [1.29, 1.82) is 0 Å². The van der Waals surface area contributed by atoms with E-state index >= 15 is 0 Å². The molecule has 3 unspecified atom stereocenters.